The second-order valence-corrected chi connectivity index (χ2v) is 2.36. The summed E-state index contributed by atoms with van der Waals surface area (Å²) in [6, 6.07) is 6.93. The molecule has 58 valence electrons. The number of hydrogen-bond donors (Lipinski definition) is 1. The van der Waals surface area contributed by atoms with Gasteiger partial charge in [-0.2, -0.15) is 0 Å². The summed E-state index contributed by atoms with van der Waals surface area (Å²) in [4.78, 5) is 10.4. The summed E-state index contributed by atoms with van der Waals surface area (Å²) >= 11 is 0. The van der Waals surface area contributed by atoms with Gasteiger partial charge in [-0.05, 0) is 24.1 Å². The Labute approximate surface area is 65.5 Å². The van der Waals surface area contributed by atoms with Gasteiger partial charge in [-0.1, -0.05) is 19.1 Å². The Balaban J connectivity index is 2.91. The van der Waals surface area contributed by atoms with Crippen molar-refractivity contribution in [3.8, 4) is 0 Å². The van der Waals surface area contributed by atoms with Gasteiger partial charge in [-0.25, -0.2) is 4.79 Å². The molecule has 0 aromatic heterocycles. The molecule has 0 bridgehead atoms. The molecule has 0 saturated heterocycles. The maximum absolute atomic E-state index is 10.4. The van der Waals surface area contributed by atoms with E-state index in [4.69, 9.17) is 5.11 Å². The summed E-state index contributed by atoms with van der Waals surface area (Å²) < 4.78 is 0. The summed E-state index contributed by atoms with van der Waals surface area (Å²) in [5.74, 6) is -0.868. The molecule has 0 amide bonds. The molecule has 0 aliphatic heterocycles. The molecule has 2 nitrogen and oxygen atoms in total. The van der Waals surface area contributed by atoms with Crippen LogP contribution in [0.25, 0.3) is 0 Å². The molecule has 0 fully saturated rings. The topological polar surface area (TPSA) is 37.3 Å². The van der Waals surface area contributed by atoms with E-state index in [0.717, 1.165) is 12.0 Å². The zero-order valence-electron chi connectivity index (χ0n) is 6.37. The van der Waals surface area contributed by atoms with E-state index < -0.39 is 5.97 Å². The van der Waals surface area contributed by atoms with Gasteiger partial charge in [0.2, 0.25) is 0 Å². The third-order valence-electron chi connectivity index (χ3n) is 1.61. The number of rotatable bonds is 2. The predicted octanol–water partition coefficient (Wildman–Crippen LogP) is 1.95. The van der Waals surface area contributed by atoms with Crippen LogP contribution in [0.2, 0.25) is 0 Å². The number of hydrogen-bond acceptors (Lipinski definition) is 1. The maximum atomic E-state index is 10.4. The molecule has 1 rings (SSSR count). The van der Waals surface area contributed by atoms with Crippen LogP contribution in [0.15, 0.2) is 24.3 Å². The molecule has 2 heteroatoms. The van der Waals surface area contributed by atoms with Crippen molar-refractivity contribution in [2.45, 2.75) is 13.3 Å². The zero-order valence-corrected chi connectivity index (χ0v) is 6.37. The zero-order chi connectivity index (χ0) is 8.27. The molecule has 1 N–H and O–H groups in total. The van der Waals surface area contributed by atoms with E-state index >= 15 is 0 Å². The highest BCUT2D eigenvalue weighted by atomic mass is 16.4. The maximum Gasteiger partial charge on any atom is 0.335 e. The molecule has 0 aliphatic rings. The molecule has 1 aromatic carbocycles. The first-order valence-electron chi connectivity index (χ1n) is 3.56. The van der Waals surface area contributed by atoms with Gasteiger partial charge in [-0.15, -0.1) is 0 Å². The summed E-state index contributed by atoms with van der Waals surface area (Å²) in [5, 5.41) is 8.55. The van der Waals surface area contributed by atoms with E-state index in [1.807, 2.05) is 19.1 Å². The number of aromatic carboxylic acids is 1. The molecule has 0 atom stereocenters. The van der Waals surface area contributed by atoms with Crippen molar-refractivity contribution in [2.24, 2.45) is 0 Å². The first kappa shape index (κ1) is 7.79. The van der Waals surface area contributed by atoms with Gasteiger partial charge < -0.3 is 5.11 Å². The van der Waals surface area contributed by atoms with Crippen LogP contribution in [-0.2, 0) is 6.42 Å². The molecule has 0 radical (unpaired) electrons. The summed E-state index contributed by atoms with van der Waals surface area (Å²) in [7, 11) is 0. The van der Waals surface area contributed by atoms with Crippen LogP contribution >= 0.6 is 0 Å². The minimum atomic E-state index is -0.868. The van der Waals surface area contributed by atoms with Crippen LogP contribution in [0.3, 0.4) is 0 Å². The van der Waals surface area contributed by atoms with Gasteiger partial charge in [0.1, 0.15) is 0 Å². The molecule has 1 aromatic rings. The fraction of sp³-hybridized carbons (Fsp3) is 0.222. The first-order chi connectivity index (χ1) is 5.24. The number of carboxylic acid groups (broad SMARTS) is 1. The van der Waals surface area contributed by atoms with Crippen molar-refractivity contribution < 1.29 is 9.90 Å². The van der Waals surface area contributed by atoms with E-state index in [-0.39, 0.29) is 0 Å². The Bertz CT molecular complexity index is 249. The molecule has 0 spiro atoms. The van der Waals surface area contributed by atoms with E-state index in [9.17, 15) is 4.79 Å². The Morgan fingerprint density at radius 2 is 1.91 bits per heavy atom. The van der Waals surface area contributed by atoms with Crippen molar-refractivity contribution in [2.75, 3.05) is 0 Å². The number of aryl methyl sites for hydroxylation is 1. The molecule has 0 heterocycles. The minimum absolute atomic E-state index is 0.349. The molecular weight excluding hydrogens is 141 g/mol. The molecular formula is C9H10O2. The van der Waals surface area contributed by atoms with Gasteiger partial charge >= 0.3 is 5.97 Å². The Morgan fingerprint density at radius 3 is 2.27 bits per heavy atom. The third kappa shape index (κ3) is 1.80. The summed E-state index contributed by atoms with van der Waals surface area (Å²) in [5.41, 5.74) is 1.51. The van der Waals surface area contributed by atoms with Crippen molar-refractivity contribution in [3.63, 3.8) is 0 Å². The number of carbonyl (C=O) groups is 1. The van der Waals surface area contributed by atoms with E-state index in [1.54, 1.807) is 12.1 Å². The van der Waals surface area contributed by atoms with Gasteiger partial charge in [0.05, 0.1) is 5.56 Å². The minimum Gasteiger partial charge on any atom is -0.478 e. The Morgan fingerprint density at radius 1 is 1.36 bits per heavy atom. The Kier molecular flexibility index (Phi) is 2.26. The van der Waals surface area contributed by atoms with Gasteiger partial charge in [0.15, 0.2) is 0 Å². The summed E-state index contributed by atoms with van der Waals surface area (Å²) in [6.45, 7) is 2.04. The highest BCUT2D eigenvalue weighted by Gasteiger charge is 1.99. The van der Waals surface area contributed by atoms with E-state index in [2.05, 4.69) is 0 Å². The smallest absolute Gasteiger partial charge is 0.335 e. The Hall–Kier alpha value is -1.31. The number of carboxylic acids is 1. The highest BCUT2D eigenvalue weighted by Crippen LogP contribution is 2.04. The molecule has 0 aliphatic carbocycles. The lowest BCUT2D eigenvalue weighted by atomic mass is 10.1. The van der Waals surface area contributed by atoms with Crippen molar-refractivity contribution in [1.82, 2.24) is 0 Å². The van der Waals surface area contributed by atoms with Gasteiger partial charge in [0, 0.05) is 0 Å². The molecule has 11 heavy (non-hydrogen) atoms. The highest BCUT2D eigenvalue weighted by molar-refractivity contribution is 5.87. The third-order valence-corrected chi connectivity index (χ3v) is 1.61. The second-order valence-electron chi connectivity index (χ2n) is 2.36. The fourth-order valence-corrected chi connectivity index (χ4v) is 0.883. The van der Waals surface area contributed by atoms with Crippen LogP contribution < -0.4 is 0 Å². The van der Waals surface area contributed by atoms with Crippen molar-refractivity contribution in [1.29, 1.82) is 0 Å². The standard InChI is InChI=1S/C9H10O2/c1-2-7-3-5-8(6-4-7)9(10)11/h3-6H,2H2,1H3,(H,10,11)/i1+1. The molecule has 0 saturated carbocycles. The van der Waals surface area contributed by atoms with Crippen LogP contribution in [0.1, 0.15) is 22.8 Å². The van der Waals surface area contributed by atoms with Crippen molar-refractivity contribution >= 4 is 5.97 Å². The average molecular weight is 151 g/mol. The quantitative estimate of drug-likeness (QED) is 0.656. The van der Waals surface area contributed by atoms with Crippen LogP contribution in [0.4, 0.5) is 0 Å². The monoisotopic (exact) mass is 151 g/mol. The van der Waals surface area contributed by atoms with Crippen LogP contribution in [0.5, 0.6) is 0 Å². The lowest BCUT2D eigenvalue weighted by molar-refractivity contribution is 0.0697. The summed E-state index contributed by atoms with van der Waals surface area (Å²) in [6.07, 6.45) is 0.944. The average Bonchev–Trinajstić information content (AvgIpc) is 2.05. The first-order valence-corrected chi connectivity index (χ1v) is 3.56. The van der Waals surface area contributed by atoms with Crippen LogP contribution in [0, 0.1) is 0 Å². The predicted molar refractivity (Wildman–Crippen MR) is 42.8 cm³/mol. The number of benzene rings is 1. The normalized spacial score (nSPS) is 9.55. The molecule has 0 unspecified atom stereocenters. The largest absolute Gasteiger partial charge is 0.478 e. The lowest BCUT2D eigenvalue weighted by Gasteiger charge is -1.96. The lowest BCUT2D eigenvalue weighted by Crippen LogP contribution is -1.95. The fourth-order valence-electron chi connectivity index (χ4n) is 0.883. The second kappa shape index (κ2) is 3.19. The van der Waals surface area contributed by atoms with Crippen LogP contribution in [-0.4, -0.2) is 11.1 Å². The van der Waals surface area contributed by atoms with Crippen molar-refractivity contribution in [3.05, 3.63) is 35.4 Å². The van der Waals surface area contributed by atoms with Gasteiger partial charge in [0.25, 0.3) is 0 Å². The SMILES string of the molecule is [13CH3]Cc1ccc(C(=O)O)cc1. The van der Waals surface area contributed by atoms with E-state index in [1.165, 1.54) is 0 Å². The van der Waals surface area contributed by atoms with E-state index in [0.29, 0.717) is 5.56 Å². The van der Waals surface area contributed by atoms with Gasteiger partial charge in [-0.3, -0.25) is 0 Å².